The number of aliphatic hydroxyl groups excluding tert-OH is 1. The van der Waals surface area contributed by atoms with Gasteiger partial charge in [-0.15, -0.1) is 6.58 Å². The van der Waals surface area contributed by atoms with Gasteiger partial charge in [0.05, 0.1) is 6.61 Å². The Hall–Kier alpha value is -0.600. The lowest BCUT2D eigenvalue weighted by atomic mass is 10.0. The Morgan fingerprint density at radius 2 is 2.08 bits per heavy atom. The fourth-order valence-electron chi connectivity index (χ4n) is 0.915. The van der Waals surface area contributed by atoms with E-state index in [4.69, 9.17) is 10.8 Å². The minimum atomic E-state index is -0.463. The summed E-state index contributed by atoms with van der Waals surface area (Å²) in [5, 5.41) is 8.86. The predicted octanol–water partition coefficient (Wildman–Crippen LogP) is 2.00. The standard InChI is InChI=1S/C11H21NO/c1-3-4-5-6-7-8-9-11(2,12)10-13/h3,7-8,13H,1,4-6,9-10,12H2,2H3. The fraction of sp³-hybridized carbons (Fsp3) is 0.636. The third-order valence-electron chi connectivity index (χ3n) is 1.89. The molecule has 0 aliphatic heterocycles. The molecule has 1 atom stereocenters. The second-order valence-electron chi connectivity index (χ2n) is 3.71. The Kier molecular flexibility index (Phi) is 6.55. The molecule has 0 saturated heterocycles. The SMILES string of the molecule is C=CCCCC=CCC(C)(N)CO. The molecule has 0 radical (unpaired) electrons. The Morgan fingerprint density at radius 1 is 1.38 bits per heavy atom. The van der Waals surface area contributed by atoms with Gasteiger partial charge in [-0.3, -0.25) is 0 Å². The summed E-state index contributed by atoms with van der Waals surface area (Å²) in [6.45, 7) is 5.53. The van der Waals surface area contributed by atoms with Crippen molar-refractivity contribution in [3.05, 3.63) is 24.8 Å². The van der Waals surface area contributed by atoms with E-state index in [-0.39, 0.29) is 6.61 Å². The number of hydrogen-bond donors (Lipinski definition) is 2. The molecular weight excluding hydrogens is 162 g/mol. The van der Waals surface area contributed by atoms with E-state index in [0.29, 0.717) is 0 Å². The Balaban J connectivity index is 3.45. The molecule has 0 aliphatic rings. The second-order valence-corrected chi connectivity index (χ2v) is 3.71. The number of hydrogen-bond acceptors (Lipinski definition) is 2. The van der Waals surface area contributed by atoms with E-state index in [0.717, 1.165) is 25.7 Å². The number of allylic oxidation sites excluding steroid dienone is 2. The monoisotopic (exact) mass is 183 g/mol. The number of nitrogens with two attached hydrogens (primary N) is 1. The van der Waals surface area contributed by atoms with Crippen LogP contribution in [-0.2, 0) is 0 Å². The van der Waals surface area contributed by atoms with Crippen molar-refractivity contribution in [1.29, 1.82) is 0 Å². The molecule has 0 heterocycles. The third kappa shape index (κ3) is 7.75. The highest BCUT2D eigenvalue weighted by atomic mass is 16.3. The summed E-state index contributed by atoms with van der Waals surface area (Å²) < 4.78 is 0. The largest absolute Gasteiger partial charge is 0.394 e. The van der Waals surface area contributed by atoms with Gasteiger partial charge in [0.2, 0.25) is 0 Å². The van der Waals surface area contributed by atoms with Gasteiger partial charge in [0.1, 0.15) is 0 Å². The van der Waals surface area contributed by atoms with Crippen molar-refractivity contribution in [2.75, 3.05) is 6.61 Å². The van der Waals surface area contributed by atoms with Gasteiger partial charge in [-0.05, 0) is 32.6 Å². The zero-order chi connectivity index (χ0) is 10.2. The molecule has 0 rings (SSSR count). The molecule has 0 fully saturated rings. The Labute approximate surface area is 81.1 Å². The highest BCUT2D eigenvalue weighted by Crippen LogP contribution is 2.06. The van der Waals surface area contributed by atoms with Crippen LogP contribution in [0.5, 0.6) is 0 Å². The summed E-state index contributed by atoms with van der Waals surface area (Å²) in [6, 6.07) is 0. The highest BCUT2D eigenvalue weighted by Gasteiger charge is 2.13. The van der Waals surface area contributed by atoms with Gasteiger partial charge in [0, 0.05) is 5.54 Å². The maximum Gasteiger partial charge on any atom is 0.0611 e. The van der Waals surface area contributed by atoms with Gasteiger partial charge < -0.3 is 10.8 Å². The lowest BCUT2D eigenvalue weighted by Gasteiger charge is -2.18. The van der Waals surface area contributed by atoms with Crippen molar-refractivity contribution in [1.82, 2.24) is 0 Å². The van der Waals surface area contributed by atoms with Crippen LogP contribution >= 0.6 is 0 Å². The Morgan fingerprint density at radius 3 is 2.62 bits per heavy atom. The minimum Gasteiger partial charge on any atom is -0.394 e. The lowest BCUT2D eigenvalue weighted by molar-refractivity contribution is 0.210. The molecular formula is C11H21NO. The van der Waals surface area contributed by atoms with Gasteiger partial charge in [-0.25, -0.2) is 0 Å². The number of rotatable bonds is 7. The molecule has 0 spiro atoms. The van der Waals surface area contributed by atoms with Crippen molar-refractivity contribution in [3.8, 4) is 0 Å². The third-order valence-corrected chi connectivity index (χ3v) is 1.89. The summed E-state index contributed by atoms with van der Waals surface area (Å²) in [7, 11) is 0. The predicted molar refractivity (Wildman–Crippen MR) is 57.5 cm³/mol. The second kappa shape index (κ2) is 6.87. The number of unbranched alkanes of at least 4 members (excludes halogenated alkanes) is 2. The van der Waals surface area contributed by atoms with Crippen molar-refractivity contribution < 1.29 is 5.11 Å². The van der Waals surface area contributed by atoms with E-state index >= 15 is 0 Å². The topological polar surface area (TPSA) is 46.2 Å². The first-order valence-electron chi connectivity index (χ1n) is 4.78. The maximum atomic E-state index is 8.86. The molecule has 0 bridgehead atoms. The first-order valence-corrected chi connectivity index (χ1v) is 4.78. The molecule has 0 saturated carbocycles. The molecule has 3 N–H and O–H groups in total. The summed E-state index contributed by atoms with van der Waals surface area (Å²) in [6.07, 6.45) is 10.1. The zero-order valence-corrected chi connectivity index (χ0v) is 8.50. The Bertz CT molecular complexity index is 161. The van der Waals surface area contributed by atoms with Crippen molar-refractivity contribution in [3.63, 3.8) is 0 Å². The molecule has 0 amide bonds. The van der Waals surface area contributed by atoms with Crippen LogP contribution in [0.3, 0.4) is 0 Å². The average Bonchev–Trinajstić information content (AvgIpc) is 2.11. The van der Waals surface area contributed by atoms with E-state index in [1.807, 2.05) is 19.1 Å². The lowest BCUT2D eigenvalue weighted by Crippen LogP contribution is -2.39. The molecule has 0 aromatic heterocycles. The molecule has 13 heavy (non-hydrogen) atoms. The first kappa shape index (κ1) is 12.4. The average molecular weight is 183 g/mol. The summed E-state index contributed by atoms with van der Waals surface area (Å²) in [5.41, 5.74) is 5.28. The highest BCUT2D eigenvalue weighted by molar-refractivity contribution is 4.91. The fourth-order valence-corrected chi connectivity index (χ4v) is 0.915. The van der Waals surface area contributed by atoms with Gasteiger partial charge in [0.15, 0.2) is 0 Å². The maximum absolute atomic E-state index is 8.86. The summed E-state index contributed by atoms with van der Waals surface area (Å²) in [5.74, 6) is 0. The molecule has 0 aromatic rings. The molecule has 1 unspecified atom stereocenters. The number of aliphatic hydroxyl groups is 1. The van der Waals surface area contributed by atoms with Crippen LogP contribution in [0.2, 0.25) is 0 Å². The molecule has 76 valence electrons. The molecule has 2 nitrogen and oxygen atoms in total. The zero-order valence-electron chi connectivity index (χ0n) is 8.50. The normalized spacial score (nSPS) is 15.9. The van der Waals surface area contributed by atoms with E-state index in [2.05, 4.69) is 12.7 Å². The van der Waals surface area contributed by atoms with Crippen molar-refractivity contribution >= 4 is 0 Å². The van der Waals surface area contributed by atoms with E-state index < -0.39 is 5.54 Å². The summed E-state index contributed by atoms with van der Waals surface area (Å²) in [4.78, 5) is 0. The molecule has 2 heteroatoms. The van der Waals surface area contributed by atoms with Crippen LogP contribution in [0, 0.1) is 0 Å². The van der Waals surface area contributed by atoms with E-state index in [1.54, 1.807) is 0 Å². The van der Waals surface area contributed by atoms with Crippen LogP contribution in [0.15, 0.2) is 24.8 Å². The summed E-state index contributed by atoms with van der Waals surface area (Å²) >= 11 is 0. The van der Waals surface area contributed by atoms with Gasteiger partial charge >= 0.3 is 0 Å². The van der Waals surface area contributed by atoms with Crippen LogP contribution in [0.4, 0.5) is 0 Å². The van der Waals surface area contributed by atoms with Crippen molar-refractivity contribution in [2.24, 2.45) is 5.73 Å². The van der Waals surface area contributed by atoms with Crippen LogP contribution in [0.1, 0.15) is 32.6 Å². The van der Waals surface area contributed by atoms with E-state index in [9.17, 15) is 0 Å². The smallest absolute Gasteiger partial charge is 0.0611 e. The van der Waals surface area contributed by atoms with Crippen molar-refractivity contribution in [2.45, 2.75) is 38.1 Å². The van der Waals surface area contributed by atoms with Crippen LogP contribution < -0.4 is 5.73 Å². The molecule has 0 aliphatic carbocycles. The minimum absolute atomic E-state index is 0.0317. The van der Waals surface area contributed by atoms with Gasteiger partial charge in [-0.2, -0.15) is 0 Å². The quantitative estimate of drug-likeness (QED) is 0.468. The van der Waals surface area contributed by atoms with Crippen LogP contribution in [0.25, 0.3) is 0 Å². The van der Waals surface area contributed by atoms with Gasteiger partial charge in [-0.1, -0.05) is 18.2 Å². The van der Waals surface area contributed by atoms with E-state index in [1.165, 1.54) is 0 Å². The first-order chi connectivity index (χ1) is 6.12. The van der Waals surface area contributed by atoms with Crippen LogP contribution in [-0.4, -0.2) is 17.3 Å². The molecule has 0 aromatic carbocycles. The van der Waals surface area contributed by atoms with Gasteiger partial charge in [0.25, 0.3) is 0 Å².